The van der Waals surface area contributed by atoms with Crippen molar-refractivity contribution in [2.75, 3.05) is 25.7 Å². The van der Waals surface area contributed by atoms with Crippen LogP contribution in [0.5, 0.6) is 11.5 Å². The number of aryl methyl sites for hydroxylation is 1. The SMILES string of the molecule is COc1ccc(/C=C2\CCC[C@@H]3C2=NN(C(=O)CN2N=N[C@@H]4C(=O)N(c5ccccc5C)C(=O)[C@H]42)[C@H]3c2ccc(OC)cc2)cc1. The number of rotatable bonds is 7. The zero-order valence-electron chi connectivity index (χ0n) is 25.9. The molecule has 0 unspecified atom stereocenters. The summed E-state index contributed by atoms with van der Waals surface area (Å²) in [5.74, 6) is 0.259. The van der Waals surface area contributed by atoms with E-state index < -0.39 is 23.9 Å². The van der Waals surface area contributed by atoms with E-state index >= 15 is 0 Å². The molecule has 2 fully saturated rings. The molecule has 1 saturated carbocycles. The monoisotopic (exact) mass is 618 g/mol. The maximum atomic E-state index is 14.2. The van der Waals surface area contributed by atoms with Gasteiger partial charge in [0, 0.05) is 5.92 Å². The maximum absolute atomic E-state index is 14.2. The van der Waals surface area contributed by atoms with Gasteiger partial charge in [0.1, 0.15) is 18.0 Å². The van der Waals surface area contributed by atoms with Gasteiger partial charge in [0.05, 0.1) is 31.7 Å². The van der Waals surface area contributed by atoms with Crippen LogP contribution in [0.25, 0.3) is 6.08 Å². The number of carbonyl (C=O) groups is 3. The van der Waals surface area contributed by atoms with Crippen LogP contribution in [-0.2, 0) is 14.4 Å². The highest BCUT2D eigenvalue weighted by atomic mass is 16.5. The molecule has 4 atom stereocenters. The van der Waals surface area contributed by atoms with E-state index in [9.17, 15) is 14.4 Å². The number of ether oxygens (including phenoxy) is 2. The average molecular weight is 619 g/mol. The van der Waals surface area contributed by atoms with Crippen LogP contribution < -0.4 is 14.4 Å². The first-order valence-electron chi connectivity index (χ1n) is 15.4. The Balaban J connectivity index is 1.19. The fourth-order valence-electron chi connectivity index (χ4n) is 6.86. The van der Waals surface area contributed by atoms with Gasteiger partial charge in [0.2, 0.25) is 0 Å². The Morgan fingerprint density at radius 3 is 2.30 bits per heavy atom. The number of hydrazone groups is 1. The number of para-hydroxylation sites is 1. The van der Waals surface area contributed by atoms with Crippen molar-refractivity contribution in [1.29, 1.82) is 0 Å². The second-order valence-corrected chi connectivity index (χ2v) is 11.9. The predicted octanol–water partition coefficient (Wildman–Crippen LogP) is 5.13. The number of allylic oxidation sites excluding steroid dienone is 1. The van der Waals surface area contributed by atoms with E-state index in [-0.39, 0.29) is 24.4 Å². The van der Waals surface area contributed by atoms with E-state index in [2.05, 4.69) is 16.4 Å². The van der Waals surface area contributed by atoms with E-state index in [1.165, 1.54) is 14.9 Å². The predicted molar refractivity (Wildman–Crippen MR) is 171 cm³/mol. The second kappa shape index (κ2) is 11.9. The summed E-state index contributed by atoms with van der Waals surface area (Å²) in [6.07, 6.45) is 4.79. The molecule has 3 aromatic carbocycles. The lowest BCUT2D eigenvalue weighted by atomic mass is 9.77. The molecular weight excluding hydrogens is 584 g/mol. The summed E-state index contributed by atoms with van der Waals surface area (Å²) in [4.78, 5) is 42.3. The Morgan fingerprint density at radius 2 is 1.61 bits per heavy atom. The number of fused-ring (bicyclic) bond motifs is 2. The summed E-state index contributed by atoms with van der Waals surface area (Å²) in [5, 5.41) is 16.1. The number of benzene rings is 3. The molecule has 0 aromatic heterocycles. The topological polar surface area (TPSA) is 116 Å². The quantitative estimate of drug-likeness (QED) is 0.339. The number of carbonyl (C=O) groups excluding carboxylic acids is 3. The minimum Gasteiger partial charge on any atom is -0.497 e. The number of hydrogen-bond acceptors (Lipinski definition) is 9. The summed E-state index contributed by atoms with van der Waals surface area (Å²) >= 11 is 0. The molecule has 1 saturated heterocycles. The minimum atomic E-state index is -0.996. The number of hydrogen-bond donors (Lipinski definition) is 0. The molecule has 3 aromatic rings. The molecule has 11 heteroatoms. The van der Waals surface area contributed by atoms with E-state index in [1.54, 1.807) is 26.4 Å². The number of anilines is 1. The van der Waals surface area contributed by atoms with Crippen molar-refractivity contribution >= 4 is 35.2 Å². The number of imide groups is 1. The van der Waals surface area contributed by atoms with Crippen LogP contribution in [0.2, 0.25) is 0 Å². The molecule has 11 nitrogen and oxygen atoms in total. The number of methoxy groups -OCH3 is 2. The lowest BCUT2D eigenvalue weighted by Gasteiger charge is -2.30. The van der Waals surface area contributed by atoms with Gasteiger partial charge in [-0.1, -0.05) is 47.7 Å². The van der Waals surface area contributed by atoms with E-state index in [0.29, 0.717) is 5.69 Å². The Morgan fingerprint density at radius 1 is 0.913 bits per heavy atom. The maximum Gasteiger partial charge on any atom is 0.264 e. The molecule has 3 aliphatic heterocycles. The molecule has 46 heavy (non-hydrogen) atoms. The molecule has 0 N–H and O–H groups in total. The number of amides is 3. The molecule has 7 rings (SSSR count). The van der Waals surface area contributed by atoms with Crippen molar-refractivity contribution in [3.8, 4) is 11.5 Å². The molecule has 234 valence electrons. The average Bonchev–Trinajstić information content (AvgIpc) is 3.75. The van der Waals surface area contributed by atoms with Gasteiger partial charge in [-0.05, 0) is 84.9 Å². The smallest absolute Gasteiger partial charge is 0.264 e. The Bertz CT molecular complexity index is 1780. The highest BCUT2D eigenvalue weighted by molar-refractivity contribution is 6.25. The highest BCUT2D eigenvalue weighted by Crippen LogP contribution is 2.45. The van der Waals surface area contributed by atoms with Gasteiger partial charge in [-0.25, -0.2) is 9.91 Å². The summed E-state index contributed by atoms with van der Waals surface area (Å²) in [6.45, 7) is 1.59. The third-order valence-corrected chi connectivity index (χ3v) is 9.18. The third-order valence-electron chi connectivity index (χ3n) is 9.18. The number of nitrogens with zero attached hydrogens (tertiary/aromatic N) is 6. The lowest BCUT2D eigenvalue weighted by molar-refractivity contribution is -0.136. The molecule has 3 amide bonds. The summed E-state index contributed by atoms with van der Waals surface area (Å²) in [6, 6.07) is 20.4. The van der Waals surface area contributed by atoms with E-state index in [4.69, 9.17) is 14.6 Å². The van der Waals surface area contributed by atoms with Gasteiger partial charge in [0.15, 0.2) is 12.1 Å². The van der Waals surface area contributed by atoms with Crippen molar-refractivity contribution in [3.63, 3.8) is 0 Å². The van der Waals surface area contributed by atoms with Crippen LogP contribution in [-0.4, -0.2) is 66.3 Å². The summed E-state index contributed by atoms with van der Waals surface area (Å²) in [5.41, 5.74) is 5.23. The minimum absolute atomic E-state index is 0.0187. The van der Waals surface area contributed by atoms with Gasteiger partial charge in [-0.15, -0.1) is 0 Å². The molecule has 0 bridgehead atoms. The fraction of sp³-hybridized carbons (Fsp3) is 0.314. The Labute approximate surface area is 266 Å². The first-order valence-corrected chi connectivity index (χ1v) is 15.4. The van der Waals surface area contributed by atoms with Crippen molar-refractivity contribution in [3.05, 3.63) is 95.1 Å². The molecule has 4 aliphatic rings. The summed E-state index contributed by atoms with van der Waals surface area (Å²) < 4.78 is 10.7. The molecule has 0 spiro atoms. The van der Waals surface area contributed by atoms with Crippen molar-refractivity contribution in [1.82, 2.24) is 10.0 Å². The largest absolute Gasteiger partial charge is 0.497 e. The van der Waals surface area contributed by atoms with Crippen LogP contribution in [0.4, 0.5) is 5.69 Å². The molecule has 3 heterocycles. The lowest BCUT2D eigenvalue weighted by Crippen LogP contribution is -2.45. The first-order chi connectivity index (χ1) is 22.4. The zero-order chi connectivity index (χ0) is 31.9. The fourth-order valence-corrected chi connectivity index (χ4v) is 6.86. The Kier molecular flexibility index (Phi) is 7.59. The summed E-state index contributed by atoms with van der Waals surface area (Å²) in [7, 11) is 3.26. The Hall–Kier alpha value is -5.32. The molecule has 0 radical (unpaired) electrons. The van der Waals surface area contributed by atoms with E-state index in [1.807, 2.05) is 67.6 Å². The zero-order valence-corrected chi connectivity index (χ0v) is 25.9. The van der Waals surface area contributed by atoms with Gasteiger partial charge >= 0.3 is 0 Å². The van der Waals surface area contributed by atoms with Gasteiger partial charge in [-0.2, -0.15) is 10.2 Å². The third kappa shape index (κ3) is 5.01. The van der Waals surface area contributed by atoms with Crippen molar-refractivity contribution in [2.45, 2.75) is 44.3 Å². The second-order valence-electron chi connectivity index (χ2n) is 11.9. The first kappa shape index (κ1) is 29.4. The van der Waals surface area contributed by atoms with Gasteiger partial charge < -0.3 is 9.47 Å². The highest BCUT2D eigenvalue weighted by Gasteiger charge is 2.56. The van der Waals surface area contributed by atoms with Gasteiger partial charge in [-0.3, -0.25) is 19.4 Å². The van der Waals surface area contributed by atoms with E-state index in [0.717, 1.165) is 58.7 Å². The van der Waals surface area contributed by atoms with Crippen LogP contribution in [0.1, 0.15) is 42.0 Å². The van der Waals surface area contributed by atoms with Crippen LogP contribution in [0, 0.1) is 12.8 Å². The van der Waals surface area contributed by atoms with Crippen LogP contribution >= 0.6 is 0 Å². The molecule has 1 aliphatic carbocycles. The van der Waals surface area contributed by atoms with Crippen molar-refractivity contribution < 1.29 is 23.9 Å². The molecular formula is C35H34N6O5. The normalized spacial score (nSPS) is 24.4. The van der Waals surface area contributed by atoms with Crippen LogP contribution in [0.15, 0.2) is 93.8 Å². The standard InChI is InChI=1S/C35H34N6O5/c1-21-7-4-5-10-28(21)40-34(43)31-33(35(40)44)39(38-36-31)20-29(42)41-32(23-13-17-26(46-3)18-14-23)27-9-6-8-24(30(27)37-41)19-22-11-15-25(45-2)16-12-22/h4-5,7,10-19,27,31-33H,6,8-9,20H2,1-3H3/b24-19+/t27-,31+,32+,33+/m1/s1. The van der Waals surface area contributed by atoms with Crippen LogP contribution in [0.3, 0.4) is 0 Å². The van der Waals surface area contributed by atoms with Gasteiger partial charge in [0.25, 0.3) is 17.7 Å². The van der Waals surface area contributed by atoms with Crippen molar-refractivity contribution in [2.24, 2.45) is 21.4 Å².